The van der Waals surface area contributed by atoms with Crippen molar-refractivity contribution in [3.8, 4) is 22.6 Å². The Morgan fingerprint density at radius 1 is 1.05 bits per heavy atom. The third-order valence-corrected chi connectivity index (χ3v) is 9.03. The lowest BCUT2D eigenvalue weighted by atomic mass is 9.72. The number of carbonyl (C=O) groups is 1. The molecule has 0 aromatic heterocycles. The quantitative estimate of drug-likeness (QED) is 0.288. The predicted octanol–water partition coefficient (Wildman–Crippen LogP) is 6.57. The van der Waals surface area contributed by atoms with E-state index < -0.39 is 62.8 Å². The molecule has 0 bridgehead atoms. The minimum absolute atomic E-state index is 0.0567. The Bertz CT molecular complexity index is 1610. The number of anilines is 1. The molecule has 224 valence electrons. The summed E-state index contributed by atoms with van der Waals surface area (Å²) in [7, 11) is -4.61. The standard InChI is InChI=1S/C28H23F6NO6S/c29-20-9-17(10-21(13-20)41-27(30)31)16-4-5-25-24(11-16)35(14-22(40-25)8-15-6-18(7-15)26(36)37)42(38,39)23-3-1-2-19(12-23)28(32,33)34/h1-5,9-13,15,18,22,27H,6-8,14H2,(H,36,37)/t15-,18-,22-/m0/s1. The summed E-state index contributed by atoms with van der Waals surface area (Å²) in [5.41, 5.74) is -0.954. The summed E-state index contributed by atoms with van der Waals surface area (Å²) in [6.07, 6.45) is -4.49. The fourth-order valence-electron chi connectivity index (χ4n) is 5.20. The zero-order valence-corrected chi connectivity index (χ0v) is 22.3. The van der Waals surface area contributed by atoms with Gasteiger partial charge >= 0.3 is 18.8 Å². The monoisotopic (exact) mass is 615 g/mol. The van der Waals surface area contributed by atoms with Crippen molar-refractivity contribution >= 4 is 21.7 Å². The lowest BCUT2D eigenvalue weighted by molar-refractivity contribution is -0.146. The van der Waals surface area contributed by atoms with Gasteiger partial charge in [-0.05, 0) is 78.8 Å². The van der Waals surface area contributed by atoms with Crippen LogP contribution in [0.5, 0.6) is 11.5 Å². The van der Waals surface area contributed by atoms with Gasteiger partial charge in [0.05, 0.1) is 28.6 Å². The molecule has 7 nitrogen and oxygen atoms in total. The second-order valence-electron chi connectivity index (χ2n) is 10.1. The van der Waals surface area contributed by atoms with Gasteiger partial charge in [0.2, 0.25) is 0 Å². The van der Waals surface area contributed by atoms with E-state index in [1.165, 1.54) is 18.2 Å². The van der Waals surface area contributed by atoms with Crippen molar-refractivity contribution in [3.63, 3.8) is 0 Å². The molecule has 1 saturated carbocycles. The first kappa shape index (κ1) is 29.5. The van der Waals surface area contributed by atoms with Crippen LogP contribution in [-0.4, -0.2) is 38.8 Å². The maximum Gasteiger partial charge on any atom is 0.416 e. The summed E-state index contributed by atoms with van der Waals surface area (Å²) < 4.78 is 119. The molecule has 0 spiro atoms. The highest BCUT2D eigenvalue weighted by molar-refractivity contribution is 7.92. The predicted molar refractivity (Wildman–Crippen MR) is 137 cm³/mol. The molecular weight excluding hydrogens is 592 g/mol. The van der Waals surface area contributed by atoms with Gasteiger partial charge in [0.15, 0.2) is 0 Å². The molecule has 2 aliphatic rings. The minimum Gasteiger partial charge on any atom is -0.486 e. The lowest BCUT2D eigenvalue weighted by Crippen LogP contribution is -2.45. The van der Waals surface area contributed by atoms with Crippen molar-refractivity contribution in [1.29, 1.82) is 0 Å². The van der Waals surface area contributed by atoms with Gasteiger partial charge < -0.3 is 14.6 Å². The zero-order valence-electron chi connectivity index (χ0n) is 21.5. The maximum atomic E-state index is 14.2. The lowest BCUT2D eigenvalue weighted by Gasteiger charge is -2.40. The Hall–Kier alpha value is -3.94. The zero-order chi connectivity index (χ0) is 30.4. The number of hydrogen-bond acceptors (Lipinski definition) is 5. The van der Waals surface area contributed by atoms with Crippen molar-refractivity contribution < 1.29 is 54.1 Å². The fraction of sp³-hybridized carbons (Fsp3) is 0.321. The number of ether oxygens (including phenoxy) is 2. The first-order valence-electron chi connectivity index (χ1n) is 12.7. The van der Waals surface area contributed by atoms with E-state index in [0.29, 0.717) is 25.3 Å². The average molecular weight is 616 g/mol. The van der Waals surface area contributed by atoms with E-state index in [-0.39, 0.29) is 35.0 Å². The summed E-state index contributed by atoms with van der Waals surface area (Å²) in [6.45, 7) is -3.52. The average Bonchev–Trinajstić information content (AvgIpc) is 2.88. The van der Waals surface area contributed by atoms with Gasteiger partial charge in [-0.3, -0.25) is 9.10 Å². The van der Waals surface area contributed by atoms with Gasteiger partial charge in [0.25, 0.3) is 10.0 Å². The largest absolute Gasteiger partial charge is 0.486 e. The fourth-order valence-corrected chi connectivity index (χ4v) is 6.75. The number of benzene rings is 3. The van der Waals surface area contributed by atoms with Crippen LogP contribution >= 0.6 is 0 Å². The Kier molecular flexibility index (Phi) is 7.77. The molecule has 1 aliphatic heterocycles. The molecule has 3 aromatic carbocycles. The summed E-state index contributed by atoms with van der Waals surface area (Å²) in [6, 6.07) is 10.3. The topological polar surface area (TPSA) is 93.1 Å². The van der Waals surface area contributed by atoms with Crippen LogP contribution < -0.4 is 13.8 Å². The summed E-state index contributed by atoms with van der Waals surface area (Å²) in [5, 5.41) is 9.17. The van der Waals surface area contributed by atoms with Crippen LogP contribution in [0.25, 0.3) is 11.1 Å². The van der Waals surface area contributed by atoms with Gasteiger partial charge in [0, 0.05) is 6.07 Å². The van der Waals surface area contributed by atoms with Crippen LogP contribution in [0.4, 0.5) is 32.0 Å². The van der Waals surface area contributed by atoms with Crippen molar-refractivity contribution in [2.45, 2.75) is 43.0 Å². The van der Waals surface area contributed by atoms with Crippen LogP contribution in [-0.2, 0) is 21.0 Å². The number of sulfonamides is 1. The molecule has 0 radical (unpaired) electrons. The normalized spacial score (nSPS) is 20.5. The number of carboxylic acids is 1. The highest BCUT2D eigenvalue weighted by Gasteiger charge is 2.41. The van der Waals surface area contributed by atoms with Crippen molar-refractivity contribution in [2.75, 3.05) is 10.8 Å². The number of hydrogen-bond donors (Lipinski definition) is 1. The van der Waals surface area contributed by atoms with Crippen LogP contribution in [0.3, 0.4) is 0 Å². The number of aliphatic carboxylic acids is 1. The van der Waals surface area contributed by atoms with E-state index >= 15 is 0 Å². The first-order valence-corrected chi connectivity index (χ1v) is 14.1. The molecule has 14 heteroatoms. The molecule has 0 amide bonds. The molecule has 3 aromatic rings. The van der Waals surface area contributed by atoms with Gasteiger partial charge in [-0.25, -0.2) is 12.8 Å². The Morgan fingerprint density at radius 2 is 1.79 bits per heavy atom. The summed E-state index contributed by atoms with van der Waals surface area (Å²) in [4.78, 5) is 10.6. The van der Waals surface area contributed by atoms with Crippen molar-refractivity contribution in [2.24, 2.45) is 11.8 Å². The highest BCUT2D eigenvalue weighted by atomic mass is 32.2. The molecule has 1 heterocycles. The molecular formula is C28H23F6NO6S. The van der Waals surface area contributed by atoms with E-state index in [2.05, 4.69) is 4.74 Å². The molecule has 0 saturated heterocycles. The van der Waals surface area contributed by atoms with Crippen LogP contribution in [0, 0.1) is 17.7 Å². The molecule has 42 heavy (non-hydrogen) atoms. The number of alkyl halides is 5. The van der Waals surface area contributed by atoms with Crippen molar-refractivity contribution in [3.05, 3.63) is 72.0 Å². The Labute approximate surface area is 236 Å². The smallest absolute Gasteiger partial charge is 0.416 e. The minimum atomic E-state index is -4.80. The van der Waals surface area contributed by atoms with Crippen molar-refractivity contribution in [1.82, 2.24) is 0 Å². The molecule has 1 aliphatic carbocycles. The first-order chi connectivity index (χ1) is 19.7. The van der Waals surface area contributed by atoms with E-state index in [4.69, 9.17) is 4.74 Å². The van der Waals surface area contributed by atoms with Crippen LogP contribution in [0.15, 0.2) is 65.6 Å². The molecule has 1 fully saturated rings. The number of rotatable bonds is 8. The summed E-state index contributed by atoms with van der Waals surface area (Å²) >= 11 is 0. The second-order valence-corrected chi connectivity index (χ2v) is 12.0. The SMILES string of the molecule is O=C(O)[C@H]1C[C@H](C[C@H]2CN(S(=O)(=O)c3cccc(C(F)(F)F)c3)c3cc(-c4cc(F)cc(OC(F)F)c4)ccc3O2)C1. The number of carboxylic acid groups (broad SMARTS) is 1. The Balaban J connectivity index is 1.54. The summed E-state index contributed by atoms with van der Waals surface area (Å²) in [5.74, 6) is -2.80. The van der Waals surface area contributed by atoms with Gasteiger partial charge in [0.1, 0.15) is 23.4 Å². The number of nitrogens with zero attached hydrogens (tertiary/aromatic N) is 1. The Morgan fingerprint density at radius 3 is 2.45 bits per heavy atom. The van der Waals surface area contributed by atoms with E-state index in [1.54, 1.807) is 0 Å². The van der Waals surface area contributed by atoms with Gasteiger partial charge in [-0.2, -0.15) is 22.0 Å². The third-order valence-electron chi connectivity index (χ3n) is 7.25. The van der Waals surface area contributed by atoms with E-state index in [1.807, 2.05) is 0 Å². The highest BCUT2D eigenvalue weighted by Crippen LogP contribution is 2.44. The van der Waals surface area contributed by atoms with Crippen LogP contribution in [0.2, 0.25) is 0 Å². The number of halogens is 6. The van der Waals surface area contributed by atoms with Gasteiger partial charge in [-0.1, -0.05) is 12.1 Å². The molecule has 5 rings (SSSR count). The molecule has 0 unspecified atom stereocenters. The number of fused-ring (bicyclic) bond motifs is 1. The molecule has 1 N–H and O–H groups in total. The third kappa shape index (κ3) is 6.13. The second kappa shape index (κ2) is 11.0. The molecule has 1 atom stereocenters. The maximum absolute atomic E-state index is 14.2. The van der Waals surface area contributed by atoms with E-state index in [9.17, 15) is 44.7 Å². The van der Waals surface area contributed by atoms with Crippen LogP contribution in [0.1, 0.15) is 24.8 Å². The van der Waals surface area contributed by atoms with E-state index in [0.717, 1.165) is 40.7 Å². The van der Waals surface area contributed by atoms with Gasteiger partial charge in [-0.15, -0.1) is 0 Å².